The molecule has 2 aromatic rings. The first kappa shape index (κ1) is 36.4. The minimum absolute atomic E-state index is 0. The first-order valence-electron chi connectivity index (χ1n) is 13.1. The maximum Gasteiger partial charge on any atom is 0.357 e. The number of halogens is 1. The largest absolute Gasteiger partial charge is 0.427 e. The molecule has 1 saturated heterocycles. The van der Waals surface area contributed by atoms with Crippen LogP contribution in [0.25, 0.3) is 0 Å². The zero-order chi connectivity index (χ0) is 32.0. The molecular weight excluding hydrogens is 690 g/mol. The first-order chi connectivity index (χ1) is 20.9. The summed E-state index contributed by atoms with van der Waals surface area (Å²) in [6.45, 7) is 6.73. The van der Waals surface area contributed by atoms with E-state index in [1.54, 1.807) is 20.8 Å². The molecule has 0 bridgehead atoms. The predicted molar refractivity (Wildman–Crippen MR) is 172 cm³/mol. The monoisotopic (exact) mass is 721 g/mol. The molecule has 0 spiro atoms. The fourth-order valence-electron chi connectivity index (χ4n) is 3.67. The number of aryl methyl sites for hydroxylation is 1. The van der Waals surface area contributed by atoms with Crippen molar-refractivity contribution in [2.75, 3.05) is 37.2 Å². The summed E-state index contributed by atoms with van der Waals surface area (Å²) in [5.41, 5.74) is 10.8. The predicted octanol–water partition coefficient (Wildman–Crippen LogP) is 1.31. The highest BCUT2D eigenvalue weighted by Crippen LogP contribution is 2.42. The number of β-lactam (4-membered cyclic amide) rings is 1. The number of hydrogen-bond acceptors (Lipinski definition) is 18. The highest BCUT2D eigenvalue weighted by molar-refractivity contribution is 8.01. The lowest BCUT2D eigenvalue weighted by atomic mass is 9.98. The minimum atomic E-state index is -1.00. The number of hydrogen-bond donors (Lipinski definition) is 3. The molecule has 0 saturated carbocycles. The Kier molecular flexibility index (Phi) is 12.9. The van der Waals surface area contributed by atoms with E-state index in [-0.39, 0.29) is 41.4 Å². The number of rotatable bonds is 13. The van der Waals surface area contributed by atoms with E-state index in [4.69, 9.17) is 25.8 Å². The number of thioether (sulfide) groups is 2. The summed E-state index contributed by atoms with van der Waals surface area (Å²) >= 11 is 5.01. The van der Waals surface area contributed by atoms with Crippen molar-refractivity contribution in [1.29, 1.82) is 0 Å². The summed E-state index contributed by atoms with van der Waals surface area (Å²) in [4.78, 5) is 62.7. The normalized spacial score (nSPS) is 18.0. The van der Waals surface area contributed by atoms with Crippen molar-refractivity contribution in [1.82, 2.24) is 29.8 Å². The molecule has 16 nitrogen and oxygen atoms in total. The topological polar surface area (TPSA) is 227 Å². The number of nitrogens with two attached hydrogens (primary N) is 2. The van der Waals surface area contributed by atoms with Gasteiger partial charge in [0.2, 0.25) is 18.3 Å². The van der Waals surface area contributed by atoms with E-state index >= 15 is 0 Å². The van der Waals surface area contributed by atoms with Gasteiger partial charge in [-0.05, 0) is 46.2 Å². The fraction of sp³-hybridized carbons (Fsp3) is 0.542. The van der Waals surface area contributed by atoms with Crippen LogP contribution in [0.5, 0.6) is 0 Å². The van der Waals surface area contributed by atoms with E-state index in [1.165, 1.54) is 39.8 Å². The SMILES string of the molecule is Cc1nnc(SCC2=C(C(=O)OCOC(=O)C(C)(C)C)N3C(=O)C(NC(=O)C(=NOCCCN)c4nsc(N)n4)[C@@H]3SC2)s1.Cl. The molecule has 1 unspecified atom stereocenters. The van der Waals surface area contributed by atoms with Crippen LogP contribution >= 0.6 is 58.8 Å². The third-order valence-corrected chi connectivity index (χ3v) is 9.80. The lowest BCUT2D eigenvalue weighted by Gasteiger charge is -2.49. The third-order valence-electron chi connectivity index (χ3n) is 5.86. The number of amides is 2. The van der Waals surface area contributed by atoms with Crippen LogP contribution < -0.4 is 16.8 Å². The number of fused-ring (bicyclic) bond motifs is 1. The van der Waals surface area contributed by atoms with E-state index in [1.807, 2.05) is 6.92 Å². The number of ether oxygens (including phenoxy) is 2. The summed E-state index contributed by atoms with van der Waals surface area (Å²) in [5, 5.41) is 14.9. The smallest absolute Gasteiger partial charge is 0.357 e. The van der Waals surface area contributed by atoms with Crippen LogP contribution in [0, 0.1) is 12.3 Å². The summed E-state index contributed by atoms with van der Waals surface area (Å²) in [7, 11) is 0. The Morgan fingerprint density at radius 3 is 2.60 bits per heavy atom. The molecule has 21 heteroatoms. The Labute approximate surface area is 281 Å². The van der Waals surface area contributed by atoms with Gasteiger partial charge >= 0.3 is 11.9 Å². The van der Waals surface area contributed by atoms with Gasteiger partial charge in [-0.15, -0.1) is 34.4 Å². The number of esters is 2. The first-order valence-corrected chi connectivity index (χ1v) is 16.8. The summed E-state index contributed by atoms with van der Waals surface area (Å²) < 4.78 is 15.1. The van der Waals surface area contributed by atoms with Crippen molar-refractivity contribution in [3.63, 3.8) is 0 Å². The third kappa shape index (κ3) is 9.03. The van der Waals surface area contributed by atoms with Gasteiger partial charge in [-0.25, -0.2) is 4.79 Å². The molecule has 1 fully saturated rings. The second-order valence-corrected chi connectivity index (χ2v) is 14.6. The molecule has 5 N–H and O–H groups in total. The zero-order valence-electron chi connectivity index (χ0n) is 24.6. The molecule has 2 atom stereocenters. The summed E-state index contributed by atoms with van der Waals surface area (Å²) in [6, 6.07) is -1.00. The van der Waals surface area contributed by atoms with Crippen LogP contribution in [-0.4, -0.2) is 96.8 Å². The van der Waals surface area contributed by atoms with Gasteiger partial charge in [0.25, 0.3) is 11.8 Å². The van der Waals surface area contributed by atoms with E-state index in [0.717, 1.165) is 16.5 Å². The Bertz CT molecular complexity index is 1480. The standard InChI is InChI=1S/C24H31N9O7S4.ClH/c1-11-29-30-23(43-11)42-9-12-8-41-19-14(18(35)33(19)15(12)20(36)38-10-39-21(37)24(2,3)4)27-17(34)13(31-40-7-5-6-25)16-28-22(26)44-32-16;/h14,19H,5-10,25H2,1-4H3,(H,27,34)(H2,26,28,32);1H/t14?,19-;/m0./s1. The van der Waals surface area contributed by atoms with Gasteiger partial charge < -0.3 is 31.1 Å². The van der Waals surface area contributed by atoms with Crippen molar-refractivity contribution in [3.05, 3.63) is 22.1 Å². The number of aromatic nitrogens is 4. The number of nitrogen functional groups attached to an aromatic ring is 1. The summed E-state index contributed by atoms with van der Waals surface area (Å²) in [5.74, 6) is -2.07. The van der Waals surface area contributed by atoms with E-state index in [0.29, 0.717) is 34.4 Å². The molecule has 2 amide bonds. The van der Waals surface area contributed by atoms with Gasteiger partial charge in [0, 0.05) is 23.0 Å². The van der Waals surface area contributed by atoms with Gasteiger partial charge in [0.1, 0.15) is 28.7 Å². The molecule has 4 heterocycles. The molecule has 4 rings (SSSR count). The fourth-order valence-corrected chi connectivity index (χ4v) is 7.41. The van der Waals surface area contributed by atoms with E-state index < -0.39 is 47.4 Å². The van der Waals surface area contributed by atoms with Gasteiger partial charge in [0.15, 0.2) is 9.47 Å². The van der Waals surface area contributed by atoms with Gasteiger partial charge in [-0.2, -0.15) is 9.36 Å². The molecule has 0 radical (unpaired) electrons. The van der Waals surface area contributed by atoms with Crippen molar-refractivity contribution in [2.45, 2.75) is 49.9 Å². The lowest BCUT2D eigenvalue weighted by Crippen LogP contribution is -2.71. The number of nitrogens with one attached hydrogen (secondary N) is 1. The van der Waals surface area contributed by atoms with Crippen molar-refractivity contribution < 1.29 is 33.5 Å². The van der Waals surface area contributed by atoms with Gasteiger partial charge in [-0.1, -0.05) is 28.3 Å². The van der Waals surface area contributed by atoms with Gasteiger partial charge in [0.05, 0.1) is 5.41 Å². The maximum absolute atomic E-state index is 13.5. The van der Waals surface area contributed by atoms with Crippen LogP contribution in [-0.2, 0) is 33.5 Å². The van der Waals surface area contributed by atoms with Crippen LogP contribution in [0.15, 0.2) is 20.8 Å². The van der Waals surface area contributed by atoms with Crippen molar-refractivity contribution in [3.8, 4) is 0 Å². The highest BCUT2D eigenvalue weighted by Gasteiger charge is 2.54. The number of nitrogens with zero attached hydrogens (tertiary/aromatic N) is 6. The molecular formula is C24H32ClN9O7S4. The van der Waals surface area contributed by atoms with Crippen LogP contribution in [0.1, 0.15) is 38.0 Å². The molecule has 0 aromatic carbocycles. The lowest BCUT2D eigenvalue weighted by molar-refractivity contribution is -0.173. The average Bonchev–Trinajstić information content (AvgIpc) is 3.60. The number of carbonyl (C=O) groups excluding carboxylic acids is 4. The van der Waals surface area contributed by atoms with E-state index in [9.17, 15) is 19.2 Å². The second-order valence-electron chi connectivity index (χ2n) is 10.3. The van der Waals surface area contributed by atoms with Crippen LogP contribution in [0.2, 0.25) is 0 Å². The average molecular weight is 722 g/mol. The molecule has 0 aliphatic carbocycles. The Morgan fingerprint density at radius 2 is 1.98 bits per heavy atom. The number of anilines is 1. The van der Waals surface area contributed by atoms with Crippen LogP contribution in [0.3, 0.4) is 0 Å². The molecule has 2 aliphatic rings. The van der Waals surface area contributed by atoms with Crippen molar-refractivity contribution in [2.24, 2.45) is 16.3 Å². The second kappa shape index (κ2) is 16.0. The van der Waals surface area contributed by atoms with Gasteiger partial charge in [-0.3, -0.25) is 19.3 Å². The molecule has 2 aliphatic heterocycles. The maximum atomic E-state index is 13.5. The number of carbonyl (C=O) groups is 4. The highest BCUT2D eigenvalue weighted by atomic mass is 35.5. The Morgan fingerprint density at radius 1 is 1.22 bits per heavy atom. The summed E-state index contributed by atoms with van der Waals surface area (Å²) in [6.07, 6.45) is 0.500. The molecule has 246 valence electrons. The van der Waals surface area contributed by atoms with E-state index in [2.05, 4.69) is 30.0 Å². The Hall–Kier alpha value is -3.04. The van der Waals surface area contributed by atoms with Crippen molar-refractivity contribution >= 4 is 93.4 Å². The molecule has 2 aromatic heterocycles. The number of oxime groups is 1. The molecule has 45 heavy (non-hydrogen) atoms. The van der Waals surface area contributed by atoms with Crippen LogP contribution in [0.4, 0.5) is 5.13 Å². The zero-order valence-corrected chi connectivity index (χ0v) is 28.7. The Balaban J connectivity index is 0.00000552. The quantitative estimate of drug-likeness (QED) is 0.0504. The minimum Gasteiger partial charge on any atom is -0.427 e.